The molecule has 2 aliphatic rings. The molecule has 0 radical (unpaired) electrons. The molecule has 2 aliphatic heterocycles. The van der Waals surface area contributed by atoms with Crippen LogP contribution in [0.5, 0.6) is 11.5 Å². The fourth-order valence-corrected chi connectivity index (χ4v) is 5.06. The van der Waals surface area contributed by atoms with E-state index >= 15 is 0 Å². The zero-order chi connectivity index (χ0) is 19.5. The van der Waals surface area contributed by atoms with Crippen LogP contribution in [0.4, 0.5) is 5.69 Å². The van der Waals surface area contributed by atoms with Gasteiger partial charge in [0.2, 0.25) is 0 Å². The minimum Gasteiger partial charge on any atom is -0.493 e. The predicted molar refractivity (Wildman–Crippen MR) is 111 cm³/mol. The van der Waals surface area contributed by atoms with Gasteiger partial charge >= 0.3 is 0 Å². The molecule has 2 atom stereocenters. The molecule has 0 saturated heterocycles. The zero-order valence-corrected chi connectivity index (χ0v) is 17.5. The summed E-state index contributed by atoms with van der Waals surface area (Å²) < 4.78 is 18.3. The maximum absolute atomic E-state index is 6.23. The van der Waals surface area contributed by atoms with Crippen molar-refractivity contribution in [2.24, 2.45) is 5.92 Å². The molecule has 3 heterocycles. The lowest BCUT2D eigenvalue weighted by Crippen LogP contribution is -2.46. The van der Waals surface area contributed by atoms with Crippen LogP contribution in [-0.4, -0.2) is 18.7 Å². The number of hydrogen-bond donors (Lipinski definition) is 1. The average Bonchev–Trinajstić information content (AvgIpc) is 3.22. The summed E-state index contributed by atoms with van der Waals surface area (Å²) in [6.45, 7) is 5.20. The first-order chi connectivity index (χ1) is 13.5. The number of benzene rings is 2. The SMILES string of the molecule is COc1ccc(Br)c2c1OCC1C2Nc2ccc(-c3cnco3)cc2C1(C)C. The summed E-state index contributed by atoms with van der Waals surface area (Å²) in [7, 11) is 1.68. The van der Waals surface area contributed by atoms with E-state index in [9.17, 15) is 0 Å². The van der Waals surface area contributed by atoms with Crippen molar-refractivity contribution in [3.63, 3.8) is 0 Å². The van der Waals surface area contributed by atoms with Crippen LogP contribution >= 0.6 is 15.9 Å². The van der Waals surface area contributed by atoms with E-state index in [1.165, 1.54) is 12.0 Å². The summed E-state index contributed by atoms with van der Waals surface area (Å²) in [5.74, 6) is 2.63. The van der Waals surface area contributed by atoms with Crippen LogP contribution < -0.4 is 14.8 Å². The Hall–Kier alpha value is -2.47. The van der Waals surface area contributed by atoms with Gasteiger partial charge in [-0.1, -0.05) is 29.8 Å². The van der Waals surface area contributed by atoms with Crippen molar-refractivity contribution in [3.05, 3.63) is 58.5 Å². The van der Waals surface area contributed by atoms with E-state index in [4.69, 9.17) is 13.9 Å². The molecule has 0 fully saturated rings. The van der Waals surface area contributed by atoms with Crippen LogP contribution in [0.2, 0.25) is 0 Å². The van der Waals surface area contributed by atoms with E-state index in [1.54, 1.807) is 13.3 Å². The third-order valence-corrected chi connectivity index (χ3v) is 6.81. The minimum atomic E-state index is -0.0957. The van der Waals surface area contributed by atoms with Gasteiger partial charge in [0.05, 0.1) is 26.0 Å². The Morgan fingerprint density at radius 2 is 2.11 bits per heavy atom. The fraction of sp³-hybridized carbons (Fsp3) is 0.318. The second-order valence-electron chi connectivity index (χ2n) is 7.88. The Kier molecular flexibility index (Phi) is 3.95. The molecule has 0 aliphatic carbocycles. The lowest BCUT2D eigenvalue weighted by atomic mass is 9.65. The van der Waals surface area contributed by atoms with E-state index in [0.29, 0.717) is 6.61 Å². The molecule has 28 heavy (non-hydrogen) atoms. The number of methoxy groups -OCH3 is 1. The van der Waals surface area contributed by atoms with Crippen molar-refractivity contribution in [2.75, 3.05) is 19.0 Å². The lowest BCUT2D eigenvalue weighted by Gasteiger charge is -2.49. The minimum absolute atomic E-state index is 0.0957. The highest BCUT2D eigenvalue weighted by atomic mass is 79.9. The van der Waals surface area contributed by atoms with E-state index < -0.39 is 0 Å². The van der Waals surface area contributed by atoms with E-state index in [1.807, 2.05) is 12.1 Å². The van der Waals surface area contributed by atoms with E-state index in [-0.39, 0.29) is 17.4 Å². The molecule has 144 valence electrons. The van der Waals surface area contributed by atoms with Crippen LogP contribution in [-0.2, 0) is 5.41 Å². The first-order valence-corrected chi connectivity index (χ1v) is 10.1. The predicted octanol–water partition coefficient (Wildman–Crippen LogP) is 5.57. The normalized spacial score (nSPS) is 21.6. The Balaban J connectivity index is 1.64. The van der Waals surface area contributed by atoms with Gasteiger partial charge in [-0.25, -0.2) is 4.98 Å². The average molecular weight is 441 g/mol. The van der Waals surface area contributed by atoms with Gasteiger partial charge in [-0.05, 0) is 35.9 Å². The Bertz CT molecular complexity index is 1050. The van der Waals surface area contributed by atoms with Crippen molar-refractivity contribution >= 4 is 21.6 Å². The Morgan fingerprint density at radius 3 is 2.86 bits per heavy atom. The molecular weight excluding hydrogens is 420 g/mol. The molecule has 1 N–H and O–H groups in total. The van der Waals surface area contributed by atoms with Crippen molar-refractivity contribution in [1.82, 2.24) is 4.98 Å². The molecule has 1 aromatic heterocycles. The number of oxazole rings is 1. The van der Waals surface area contributed by atoms with Crippen molar-refractivity contribution < 1.29 is 13.9 Å². The van der Waals surface area contributed by atoms with Crippen molar-refractivity contribution in [1.29, 1.82) is 0 Å². The van der Waals surface area contributed by atoms with Gasteiger partial charge in [0.1, 0.15) is 0 Å². The number of anilines is 1. The van der Waals surface area contributed by atoms with Gasteiger partial charge in [0.25, 0.3) is 0 Å². The number of rotatable bonds is 2. The molecule has 0 bridgehead atoms. The van der Waals surface area contributed by atoms with Gasteiger partial charge < -0.3 is 19.2 Å². The Labute approximate surface area is 172 Å². The van der Waals surface area contributed by atoms with Crippen LogP contribution in [0.25, 0.3) is 11.3 Å². The number of halogens is 1. The first kappa shape index (κ1) is 17.6. The largest absolute Gasteiger partial charge is 0.493 e. The maximum Gasteiger partial charge on any atom is 0.181 e. The highest BCUT2D eigenvalue weighted by Gasteiger charge is 2.47. The monoisotopic (exact) mass is 440 g/mol. The second kappa shape index (κ2) is 6.27. The van der Waals surface area contributed by atoms with Crippen molar-refractivity contribution in [2.45, 2.75) is 25.3 Å². The number of aromatic nitrogens is 1. The highest BCUT2D eigenvalue weighted by molar-refractivity contribution is 9.10. The van der Waals surface area contributed by atoms with Gasteiger partial charge in [-0.15, -0.1) is 0 Å². The molecular formula is C22H21BrN2O3. The molecule has 6 heteroatoms. The molecule has 0 spiro atoms. The summed E-state index contributed by atoms with van der Waals surface area (Å²) in [5, 5.41) is 3.76. The van der Waals surface area contributed by atoms with E-state index in [0.717, 1.165) is 38.5 Å². The van der Waals surface area contributed by atoms with Crippen LogP contribution in [0.15, 0.2) is 51.8 Å². The summed E-state index contributed by atoms with van der Waals surface area (Å²) in [5.41, 5.74) is 4.45. The number of fused-ring (bicyclic) bond motifs is 4. The second-order valence-corrected chi connectivity index (χ2v) is 8.73. The van der Waals surface area contributed by atoms with E-state index in [2.05, 4.69) is 58.3 Å². The smallest absolute Gasteiger partial charge is 0.181 e. The molecule has 3 aromatic rings. The molecule has 2 aromatic carbocycles. The van der Waals surface area contributed by atoms with Gasteiger partial charge in [0.15, 0.2) is 23.7 Å². The van der Waals surface area contributed by atoms with Gasteiger partial charge in [0, 0.05) is 32.6 Å². The third-order valence-electron chi connectivity index (χ3n) is 6.12. The maximum atomic E-state index is 6.23. The summed E-state index contributed by atoms with van der Waals surface area (Å²) in [4.78, 5) is 4.04. The molecule has 2 unspecified atom stereocenters. The highest BCUT2D eigenvalue weighted by Crippen LogP contribution is 2.55. The van der Waals surface area contributed by atoms with Crippen LogP contribution in [0, 0.1) is 5.92 Å². The quantitative estimate of drug-likeness (QED) is 0.564. The number of hydrogen-bond acceptors (Lipinski definition) is 5. The molecule has 5 rings (SSSR count). The topological polar surface area (TPSA) is 56.5 Å². The zero-order valence-electron chi connectivity index (χ0n) is 16.0. The van der Waals surface area contributed by atoms with Gasteiger partial charge in [-0.2, -0.15) is 0 Å². The molecule has 0 amide bonds. The van der Waals surface area contributed by atoms with Crippen LogP contribution in [0.1, 0.15) is 31.0 Å². The number of ether oxygens (including phenoxy) is 2. The standard InChI is InChI=1S/C22H21BrN2O3/c1-22(2)13-8-12(18-9-24-11-28-18)4-6-16(13)25-20-14(22)10-27-21-17(26-3)7-5-15(23)19(20)21/h4-9,11,14,20,25H,10H2,1-3H3. The van der Waals surface area contributed by atoms with Crippen LogP contribution in [0.3, 0.4) is 0 Å². The summed E-state index contributed by atoms with van der Waals surface area (Å²) in [6.07, 6.45) is 3.21. The Morgan fingerprint density at radius 1 is 1.25 bits per heavy atom. The summed E-state index contributed by atoms with van der Waals surface area (Å²) >= 11 is 3.73. The third kappa shape index (κ3) is 2.47. The molecule has 0 saturated carbocycles. The molecule has 5 nitrogen and oxygen atoms in total. The number of nitrogens with one attached hydrogen (secondary N) is 1. The first-order valence-electron chi connectivity index (χ1n) is 9.30. The van der Waals surface area contributed by atoms with Gasteiger partial charge in [-0.3, -0.25) is 0 Å². The van der Waals surface area contributed by atoms with Crippen molar-refractivity contribution in [3.8, 4) is 22.8 Å². The number of nitrogens with zero attached hydrogens (tertiary/aromatic N) is 1. The lowest BCUT2D eigenvalue weighted by molar-refractivity contribution is 0.131. The fourth-order valence-electron chi connectivity index (χ4n) is 4.51. The summed E-state index contributed by atoms with van der Waals surface area (Å²) in [6, 6.07) is 10.5.